The molecule has 1 fully saturated rings. The maximum atomic E-state index is 12.3. The summed E-state index contributed by atoms with van der Waals surface area (Å²) in [6, 6.07) is -0.0297. The molecule has 1 heterocycles. The maximum absolute atomic E-state index is 12.3. The van der Waals surface area contributed by atoms with E-state index >= 15 is 0 Å². The third kappa shape index (κ3) is 7.79. The standard InChI is InChI=1S/C12H19F3N4.HI/c1-3-6-17-11(16-4-2)18-10-5-7-19(8-10)9-12(13,14)15;/h1,10H,4-9H2,2H3,(H2,16,17,18);1H. The summed E-state index contributed by atoms with van der Waals surface area (Å²) in [4.78, 5) is 5.50. The molecule has 1 saturated heterocycles. The van der Waals surface area contributed by atoms with Crippen LogP contribution in [-0.2, 0) is 0 Å². The molecule has 0 radical (unpaired) electrons. The molecule has 0 spiro atoms. The van der Waals surface area contributed by atoms with E-state index in [1.807, 2.05) is 6.92 Å². The van der Waals surface area contributed by atoms with Crippen LogP contribution in [0.2, 0.25) is 0 Å². The van der Waals surface area contributed by atoms with E-state index in [1.54, 1.807) is 0 Å². The van der Waals surface area contributed by atoms with Gasteiger partial charge in [-0.05, 0) is 13.3 Å². The molecule has 1 atom stereocenters. The first-order valence-electron chi connectivity index (χ1n) is 6.22. The lowest BCUT2D eigenvalue weighted by Gasteiger charge is -2.19. The van der Waals surface area contributed by atoms with Gasteiger partial charge in [-0.15, -0.1) is 30.4 Å². The Labute approximate surface area is 134 Å². The van der Waals surface area contributed by atoms with Crippen molar-refractivity contribution < 1.29 is 13.2 Å². The summed E-state index contributed by atoms with van der Waals surface area (Å²) in [7, 11) is 0. The summed E-state index contributed by atoms with van der Waals surface area (Å²) < 4.78 is 36.8. The Kier molecular flexibility index (Phi) is 8.96. The first-order valence-corrected chi connectivity index (χ1v) is 6.22. The highest BCUT2D eigenvalue weighted by atomic mass is 127. The SMILES string of the molecule is C#CCN=C(NCC)NC1CCN(CC(F)(F)F)C1.I. The third-order valence-electron chi connectivity index (χ3n) is 2.69. The van der Waals surface area contributed by atoms with Crippen molar-refractivity contribution in [1.82, 2.24) is 15.5 Å². The highest BCUT2D eigenvalue weighted by Crippen LogP contribution is 2.19. The van der Waals surface area contributed by atoms with Crippen LogP contribution in [0.1, 0.15) is 13.3 Å². The first kappa shape index (κ1) is 19.3. The summed E-state index contributed by atoms with van der Waals surface area (Å²) in [6.07, 6.45) is 1.65. The first-order chi connectivity index (χ1) is 8.94. The minimum atomic E-state index is -4.14. The van der Waals surface area contributed by atoms with Gasteiger partial charge in [0.15, 0.2) is 5.96 Å². The Morgan fingerprint density at radius 3 is 2.75 bits per heavy atom. The molecule has 4 nitrogen and oxygen atoms in total. The smallest absolute Gasteiger partial charge is 0.357 e. The number of guanidine groups is 1. The van der Waals surface area contributed by atoms with Crippen LogP contribution in [0.3, 0.4) is 0 Å². The maximum Gasteiger partial charge on any atom is 0.401 e. The predicted molar refractivity (Wildman–Crippen MR) is 84.3 cm³/mol. The molecule has 0 amide bonds. The predicted octanol–water partition coefficient (Wildman–Crippen LogP) is 1.43. The second kappa shape index (κ2) is 9.28. The molecule has 0 aromatic carbocycles. The van der Waals surface area contributed by atoms with Crippen molar-refractivity contribution in [3.05, 3.63) is 0 Å². The number of alkyl halides is 3. The molecular formula is C12H20F3IN4. The molecule has 0 aromatic rings. The number of hydrogen-bond donors (Lipinski definition) is 2. The fourth-order valence-electron chi connectivity index (χ4n) is 1.99. The van der Waals surface area contributed by atoms with Gasteiger partial charge in [-0.2, -0.15) is 13.2 Å². The fraction of sp³-hybridized carbons (Fsp3) is 0.750. The molecule has 1 aliphatic heterocycles. The zero-order chi connectivity index (χ0) is 14.3. The van der Waals surface area contributed by atoms with Gasteiger partial charge in [0.05, 0.1) is 6.54 Å². The van der Waals surface area contributed by atoms with Gasteiger partial charge in [0.2, 0.25) is 0 Å². The number of hydrogen-bond acceptors (Lipinski definition) is 2. The van der Waals surface area contributed by atoms with Gasteiger partial charge in [0, 0.05) is 25.7 Å². The second-order valence-corrected chi connectivity index (χ2v) is 4.38. The zero-order valence-electron chi connectivity index (χ0n) is 11.3. The van der Waals surface area contributed by atoms with Gasteiger partial charge in [-0.1, -0.05) is 5.92 Å². The average molecular weight is 404 g/mol. The molecule has 116 valence electrons. The highest BCUT2D eigenvalue weighted by Gasteiger charge is 2.34. The number of aliphatic imine (C=N–C) groups is 1. The Morgan fingerprint density at radius 2 is 2.20 bits per heavy atom. The quantitative estimate of drug-likeness (QED) is 0.323. The second-order valence-electron chi connectivity index (χ2n) is 4.38. The van der Waals surface area contributed by atoms with Crippen LogP contribution in [0.5, 0.6) is 0 Å². The van der Waals surface area contributed by atoms with E-state index in [1.165, 1.54) is 4.90 Å². The number of terminal acetylenes is 1. The normalized spacial score (nSPS) is 20.1. The molecule has 1 rings (SSSR count). The molecule has 1 aliphatic rings. The minimum Gasteiger partial charge on any atom is -0.357 e. The van der Waals surface area contributed by atoms with Crippen LogP contribution >= 0.6 is 24.0 Å². The van der Waals surface area contributed by atoms with E-state index in [-0.39, 0.29) is 36.6 Å². The molecule has 0 aliphatic carbocycles. The largest absolute Gasteiger partial charge is 0.401 e. The van der Waals surface area contributed by atoms with E-state index < -0.39 is 12.7 Å². The Morgan fingerprint density at radius 1 is 1.50 bits per heavy atom. The van der Waals surface area contributed by atoms with Crippen LogP contribution in [0.4, 0.5) is 13.2 Å². The van der Waals surface area contributed by atoms with Gasteiger partial charge in [0.25, 0.3) is 0 Å². The molecule has 8 heteroatoms. The van der Waals surface area contributed by atoms with Gasteiger partial charge >= 0.3 is 6.18 Å². The summed E-state index contributed by atoms with van der Waals surface area (Å²) in [5, 5.41) is 6.11. The number of rotatable bonds is 4. The lowest BCUT2D eigenvalue weighted by Crippen LogP contribution is -2.45. The molecule has 2 N–H and O–H groups in total. The van der Waals surface area contributed by atoms with Crippen LogP contribution in [0.15, 0.2) is 4.99 Å². The van der Waals surface area contributed by atoms with E-state index in [0.29, 0.717) is 32.0 Å². The third-order valence-corrected chi connectivity index (χ3v) is 2.69. The molecule has 20 heavy (non-hydrogen) atoms. The summed E-state index contributed by atoms with van der Waals surface area (Å²) in [5.41, 5.74) is 0. The number of likely N-dealkylation sites (tertiary alicyclic amines) is 1. The van der Waals surface area contributed by atoms with Crippen LogP contribution in [0.25, 0.3) is 0 Å². The summed E-state index contributed by atoms with van der Waals surface area (Å²) in [5.74, 6) is 2.95. The minimum absolute atomic E-state index is 0. The molecule has 0 aromatic heterocycles. The van der Waals surface area contributed by atoms with Crippen LogP contribution < -0.4 is 10.6 Å². The van der Waals surface area contributed by atoms with Crippen molar-refractivity contribution in [1.29, 1.82) is 0 Å². The van der Waals surface area contributed by atoms with Crippen LogP contribution in [0, 0.1) is 12.3 Å². The molecule has 0 saturated carbocycles. The van der Waals surface area contributed by atoms with Crippen molar-refractivity contribution in [2.75, 3.05) is 32.7 Å². The molecule has 0 bridgehead atoms. The zero-order valence-corrected chi connectivity index (χ0v) is 13.7. The van der Waals surface area contributed by atoms with Crippen molar-refractivity contribution in [3.63, 3.8) is 0 Å². The fourth-order valence-corrected chi connectivity index (χ4v) is 1.99. The van der Waals surface area contributed by atoms with Crippen molar-refractivity contribution in [2.24, 2.45) is 4.99 Å². The monoisotopic (exact) mass is 404 g/mol. The lowest BCUT2D eigenvalue weighted by atomic mass is 10.3. The van der Waals surface area contributed by atoms with Crippen molar-refractivity contribution in [3.8, 4) is 12.3 Å². The van der Waals surface area contributed by atoms with Crippen LogP contribution in [-0.4, -0.2) is 55.8 Å². The van der Waals surface area contributed by atoms with Gasteiger partial charge in [-0.25, -0.2) is 4.99 Å². The lowest BCUT2D eigenvalue weighted by molar-refractivity contribution is -0.143. The Bertz CT molecular complexity index is 352. The molecular weight excluding hydrogens is 384 g/mol. The Hall–Kier alpha value is -0.690. The van der Waals surface area contributed by atoms with E-state index in [2.05, 4.69) is 21.5 Å². The Balaban J connectivity index is 0.00000361. The van der Waals surface area contributed by atoms with Gasteiger partial charge in [-0.3, -0.25) is 4.90 Å². The van der Waals surface area contributed by atoms with Crippen molar-refractivity contribution in [2.45, 2.75) is 25.6 Å². The number of halogens is 4. The van der Waals surface area contributed by atoms with E-state index in [0.717, 1.165) is 0 Å². The van der Waals surface area contributed by atoms with E-state index in [9.17, 15) is 13.2 Å². The topological polar surface area (TPSA) is 39.7 Å². The van der Waals surface area contributed by atoms with Gasteiger partial charge in [0.1, 0.15) is 6.54 Å². The number of nitrogens with zero attached hydrogens (tertiary/aromatic N) is 2. The molecule has 1 unspecified atom stereocenters. The number of nitrogens with one attached hydrogen (secondary N) is 2. The highest BCUT2D eigenvalue weighted by molar-refractivity contribution is 14.0. The van der Waals surface area contributed by atoms with Crippen molar-refractivity contribution >= 4 is 29.9 Å². The average Bonchev–Trinajstić information content (AvgIpc) is 2.71. The van der Waals surface area contributed by atoms with Gasteiger partial charge < -0.3 is 10.6 Å². The summed E-state index contributed by atoms with van der Waals surface area (Å²) >= 11 is 0. The van der Waals surface area contributed by atoms with E-state index in [4.69, 9.17) is 6.42 Å². The summed E-state index contributed by atoms with van der Waals surface area (Å²) in [6.45, 7) is 2.77.